The molecule has 244 valence electrons. The largest absolute Gasteiger partial charge is 0.441 e. The summed E-state index contributed by atoms with van der Waals surface area (Å²) in [6.07, 6.45) is 3.72. The van der Waals surface area contributed by atoms with Crippen LogP contribution in [0.1, 0.15) is 35.7 Å². The van der Waals surface area contributed by atoms with Crippen LogP contribution in [0.2, 0.25) is 10.0 Å². The van der Waals surface area contributed by atoms with Gasteiger partial charge < -0.3 is 19.7 Å². The van der Waals surface area contributed by atoms with Crippen molar-refractivity contribution in [3.63, 3.8) is 0 Å². The number of ether oxygens (including phenoxy) is 1. The smallest absolute Gasteiger partial charge is 0.340 e. The number of cyclic esters (lactones) is 1. The second kappa shape index (κ2) is 11.8. The Balaban J connectivity index is 1.44. The number of hydrogen-bond donors (Lipinski definition) is 3. The molecule has 0 saturated carbocycles. The molecule has 0 fully saturated rings. The Morgan fingerprint density at radius 1 is 0.620 bits per heavy atom. The number of benzene rings is 5. The number of esters is 1. The summed E-state index contributed by atoms with van der Waals surface area (Å²) in [5.41, 5.74) is 9.01. The summed E-state index contributed by atoms with van der Waals surface area (Å²) in [6.45, 7) is 2.16. The average molecular weight is 693 g/mol. The van der Waals surface area contributed by atoms with Crippen LogP contribution in [-0.2, 0) is 21.6 Å². The molecule has 3 N–H and O–H groups in total. The number of rotatable bonds is 7. The van der Waals surface area contributed by atoms with E-state index >= 15 is 0 Å². The van der Waals surface area contributed by atoms with Crippen LogP contribution in [0.3, 0.4) is 0 Å². The lowest BCUT2D eigenvalue weighted by Gasteiger charge is -2.29. The van der Waals surface area contributed by atoms with Gasteiger partial charge in [0.05, 0.1) is 17.0 Å². The minimum atomic E-state index is -1.32. The molecule has 1 unspecified atom stereocenters. The van der Waals surface area contributed by atoms with Crippen molar-refractivity contribution in [2.45, 2.75) is 25.4 Å². The number of fused-ring (bicyclic) bond motifs is 3. The molecule has 3 aromatic heterocycles. The van der Waals surface area contributed by atoms with Crippen molar-refractivity contribution in [3.05, 3.63) is 160 Å². The fourth-order valence-electron chi connectivity index (χ4n) is 7.75. The van der Waals surface area contributed by atoms with Crippen molar-refractivity contribution in [2.24, 2.45) is 0 Å². The Morgan fingerprint density at radius 3 is 1.90 bits per heavy atom. The summed E-state index contributed by atoms with van der Waals surface area (Å²) in [7, 11) is 0. The van der Waals surface area contributed by atoms with Gasteiger partial charge in [-0.15, -0.1) is 0 Å². The number of aromatic nitrogens is 3. The van der Waals surface area contributed by atoms with Gasteiger partial charge in [0.25, 0.3) is 0 Å². The lowest BCUT2D eigenvalue weighted by molar-refractivity contribution is -0.142. The fourth-order valence-corrected chi connectivity index (χ4v) is 8.09. The third-order valence-electron chi connectivity index (χ3n) is 9.76. The monoisotopic (exact) mass is 691 g/mol. The highest BCUT2D eigenvalue weighted by atomic mass is 35.5. The maximum absolute atomic E-state index is 14.8. The topological polar surface area (TPSA) is 73.7 Å². The third kappa shape index (κ3) is 4.72. The maximum Gasteiger partial charge on any atom is 0.340 e. The summed E-state index contributed by atoms with van der Waals surface area (Å²) in [5, 5.41) is 4.02. The predicted octanol–water partition coefficient (Wildman–Crippen LogP) is 11.6. The van der Waals surface area contributed by atoms with Gasteiger partial charge in [-0.1, -0.05) is 128 Å². The first-order valence-corrected chi connectivity index (χ1v) is 17.5. The van der Waals surface area contributed by atoms with Gasteiger partial charge in [-0.05, 0) is 54.0 Å². The molecule has 0 aliphatic carbocycles. The first-order chi connectivity index (χ1) is 24.4. The summed E-state index contributed by atoms with van der Waals surface area (Å²) in [5.74, 6) is -0.409. The molecule has 0 amide bonds. The number of carbonyl (C=O) groups excluding carboxylic acids is 1. The molecule has 5 aromatic carbocycles. The van der Waals surface area contributed by atoms with E-state index in [4.69, 9.17) is 27.9 Å². The molecule has 8 aromatic rings. The molecule has 1 atom stereocenters. The van der Waals surface area contributed by atoms with Gasteiger partial charge in [-0.3, -0.25) is 0 Å². The number of nitrogens with one attached hydrogen (secondary N) is 3. The third-order valence-corrected chi connectivity index (χ3v) is 10.2. The number of para-hydroxylation sites is 1. The van der Waals surface area contributed by atoms with Crippen LogP contribution in [0.15, 0.2) is 127 Å². The molecule has 0 bridgehead atoms. The Labute approximate surface area is 298 Å². The van der Waals surface area contributed by atoms with Crippen LogP contribution in [0.4, 0.5) is 0 Å². The highest BCUT2D eigenvalue weighted by molar-refractivity contribution is 6.32. The van der Waals surface area contributed by atoms with Gasteiger partial charge in [-0.2, -0.15) is 0 Å². The van der Waals surface area contributed by atoms with Crippen molar-refractivity contribution in [1.82, 2.24) is 15.0 Å². The van der Waals surface area contributed by atoms with Gasteiger partial charge in [0.1, 0.15) is 0 Å². The molecule has 5 nitrogen and oxygen atoms in total. The number of aryl methyl sites for hydroxylation is 1. The average Bonchev–Trinajstić information content (AvgIpc) is 3.89. The van der Waals surface area contributed by atoms with Crippen LogP contribution >= 0.6 is 23.2 Å². The second-order valence-electron chi connectivity index (χ2n) is 12.8. The van der Waals surface area contributed by atoms with Crippen molar-refractivity contribution < 1.29 is 9.53 Å². The molecule has 0 saturated heterocycles. The standard InChI is InChI=1S/C43H31Cl2N3O2/c1-2-11-34-38(30-16-9-10-17-33(30)46-34)43(39-31-21-19-28(45)23-36(31)48-41(39)26-14-7-4-8-15-26)24-32(42(49)50-43)37-29-20-18-27(44)22-35(29)47-40(37)25-12-5-3-6-13-25/h3-10,12-24,46-48H,2,11H2,1H3. The Bertz CT molecular complexity index is 2630. The van der Waals surface area contributed by atoms with Gasteiger partial charge in [0.2, 0.25) is 0 Å². The first-order valence-electron chi connectivity index (χ1n) is 16.8. The van der Waals surface area contributed by atoms with Crippen molar-refractivity contribution >= 4 is 67.5 Å². The molecular formula is C43H31Cl2N3O2. The van der Waals surface area contributed by atoms with Crippen LogP contribution in [-0.4, -0.2) is 20.9 Å². The highest BCUT2D eigenvalue weighted by Crippen LogP contribution is 2.54. The number of hydrogen-bond acceptors (Lipinski definition) is 2. The molecule has 4 heterocycles. The zero-order chi connectivity index (χ0) is 34.0. The molecule has 0 radical (unpaired) electrons. The zero-order valence-electron chi connectivity index (χ0n) is 27.1. The zero-order valence-corrected chi connectivity index (χ0v) is 28.6. The SMILES string of the molecule is CCCc1[nH]c2ccccc2c1C1(c2c(-c3ccccc3)[nH]c3cc(Cl)ccc23)C=C(c2c(-c3ccccc3)[nH]c3cc(Cl)ccc23)C(=O)O1. The lowest BCUT2D eigenvalue weighted by atomic mass is 9.80. The van der Waals surface area contributed by atoms with Crippen LogP contribution in [0, 0.1) is 0 Å². The fraction of sp³-hybridized carbons (Fsp3) is 0.0930. The van der Waals surface area contributed by atoms with E-state index in [2.05, 4.69) is 52.2 Å². The minimum Gasteiger partial charge on any atom is -0.441 e. The van der Waals surface area contributed by atoms with E-state index in [1.807, 2.05) is 97.1 Å². The number of halogens is 2. The molecule has 0 spiro atoms. The molecule has 7 heteroatoms. The van der Waals surface area contributed by atoms with Crippen LogP contribution in [0.5, 0.6) is 0 Å². The van der Waals surface area contributed by atoms with E-state index in [0.29, 0.717) is 15.6 Å². The first kappa shape index (κ1) is 30.6. The molecule has 9 rings (SSSR count). The van der Waals surface area contributed by atoms with E-state index in [0.717, 1.165) is 90.4 Å². The van der Waals surface area contributed by atoms with E-state index < -0.39 is 11.6 Å². The second-order valence-corrected chi connectivity index (χ2v) is 13.7. The Kier molecular flexibility index (Phi) is 7.23. The normalized spacial score (nSPS) is 16.1. The number of aromatic amines is 3. The molecule has 1 aliphatic rings. The van der Waals surface area contributed by atoms with Crippen molar-refractivity contribution in [1.29, 1.82) is 0 Å². The maximum atomic E-state index is 14.8. The highest BCUT2D eigenvalue weighted by Gasteiger charge is 2.50. The number of carbonyl (C=O) groups is 1. The van der Waals surface area contributed by atoms with Crippen LogP contribution < -0.4 is 0 Å². The molecule has 50 heavy (non-hydrogen) atoms. The van der Waals surface area contributed by atoms with E-state index in [9.17, 15) is 4.79 Å². The van der Waals surface area contributed by atoms with Gasteiger partial charge in [0.15, 0.2) is 5.60 Å². The van der Waals surface area contributed by atoms with Crippen molar-refractivity contribution in [3.8, 4) is 22.5 Å². The quantitative estimate of drug-likeness (QED) is 0.146. The lowest BCUT2D eigenvalue weighted by Crippen LogP contribution is -2.29. The number of H-pyrrole nitrogens is 3. The predicted molar refractivity (Wildman–Crippen MR) is 205 cm³/mol. The van der Waals surface area contributed by atoms with E-state index in [-0.39, 0.29) is 0 Å². The van der Waals surface area contributed by atoms with E-state index in [1.54, 1.807) is 0 Å². The summed E-state index contributed by atoms with van der Waals surface area (Å²) >= 11 is 13.1. The summed E-state index contributed by atoms with van der Waals surface area (Å²) in [6, 6.07) is 40.1. The van der Waals surface area contributed by atoms with Gasteiger partial charge in [0, 0.05) is 65.1 Å². The summed E-state index contributed by atoms with van der Waals surface area (Å²) < 4.78 is 6.99. The van der Waals surface area contributed by atoms with Gasteiger partial charge >= 0.3 is 5.97 Å². The summed E-state index contributed by atoms with van der Waals surface area (Å²) in [4.78, 5) is 25.8. The van der Waals surface area contributed by atoms with E-state index in [1.165, 1.54) is 0 Å². The van der Waals surface area contributed by atoms with Gasteiger partial charge in [-0.25, -0.2) is 4.79 Å². The Morgan fingerprint density at radius 2 is 1.20 bits per heavy atom. The van der Waals surface area contributed by atoms with Crippen LogP contribution in [0.25, 0.3) is 60.8 Å². The molecular weight excluding hydrogens is 661 g/mol. The Hall–Kier alpha value is -5.49. The minimum absolute atomic E-state index is 0.409. The van der Waals surface area contributed by atoms with Crippen molar-refractivity contribution in [2.75, 3.05) is 0 Å². The molecule has 1 aliphatic heterocycles.